The second-order valence-electron chi connectivity index (χ2n) is 2.89. The maximum absolute atomic E-state index is 11.0. The topological polar surface area (TPSA) is 37.3 Å². The molecule has 0 spiro atoms. The van der Waals surface area contributed by atoms with Gasteiger partial charge in [-0.25, -0.2) is 0 Å². The minimum absolute atomic E-state index is 0.0701. The molecule has 1 aromatic carbocycles. The van der Waals surface area contributed by atoms with Crippen LogP contribution in [-0.2, 0) is 0 Å². The number of phenolic OH excluding ortho intramolecular Hbond substituents is 1. The standard InChI is InChI=1S/C10H8O2S/c1-6(11)10-5-7-4-8(12)2-3-9(7)13-10/h2-5,12H,1H3. The Morgan fingerprint density at radius 2 is 2.15 bits per heavy atom. The van der Waals surface area contributed by atoms with E-state index in [1.807, 2.05) is 12.1 Å². The lowest BCUT2D eigenvalue weighted by molar-refractivity contribution is 0.102. The van der Waals surface area contributed by atoms with E-state index in [1.165, 1.54) is 11.3 Å². The van der Waals surface area contributed by atoms with Crippen LogP contribution in [0.1, 0.15) is 16.6 Å². The maximum Gasteiger partial charge on any atom is 0.169 e. The van der Waals surface area contributed by atoms with Crippen LogP contribution in [0.2, 0.25) is 0 Å². The highest BCUT2D eigenvalue weighted by Gasteiger charge is 2.05. The number of aromatic hydroxyl groups is 1. The summed E-state index contributed by atoms with van der Waals surface area (Å²) < 4.78 is 1.03. The fourth-order valence-electron chi connectivity index (χ4n) is 1.20. The first-order chi connectivity index (χ1) is 6.16. The number of hydrogen-bond donors (Lipinski definition) is 1. The normalized spacial score (nSPS) is 10.5. The third-order valence-corrected chi connectivity index (χ3v) is 3.06. The van der Waals surface area contributed by atoms with Crippen molar-refractivity contribution in [3.8, 4) is 5.75 Å². The van der Waals surface area contributed by atoms with Crippen LogP contribution in [0.3, 0.4) is 0 Å². The lowest BCUT2D eigenvalue weighted by Gasteiger charge is -1.89. The highest BCUT2D eigenvalue weighted by atomic mass is 32.1. The van der Waals surface area contributed by atoms with Crippen LogP contribution in [0.25, 0.3) is 10.1 Å². The van der Waals surface area contributed by atoms with E-state index < -0.39 is 0 Å². The number of Topliss-reactive ketones (excluding diaryl/α,β-unsaturated/α-hetero) is 1. The van der Waals surface area contributed by atoms with Gasteiger partial charge in [0.25, 0.3) is 0 Å². The van der Waals surface area contributed by atoms with Crippen molar-refractivity contribution in [3.05, 3.63) is 29.1 Å². The first-order valence-electron chi connectivity index (χ1n) is 3.90. The van der Waals surface area contributed by atoms with Gasteiger partial charge in [0.1, 0.15) is 5.75 Å². The molecule has 2 rings (SSSR count). The van der Waals surface area contributed by atoms with Gasteiger partial charge in [0.15, 0.2) is 5.78 Å². The van der Waals surface area contributed by atoms with Gasteiger partial charge in [0.05, 0.1) is 4.88 Å². The summed E-state index contributed by atoms with van der Waals surface area (Å²) in [6.45, 7) is 1.55. The number of phenols is 1. The molecular formula is C10H8O2S. The van der Waals surface area contributed by atoms with E-state index in [0.29, 0.717) is 0 Å². The molecule has 0 bridgehead atoms. The smallest absolute Gasteiger partial charge is 0.169 e. The van der Waals surface area contributed by atoms with Gasteiger partial charge in [0, 0.05) is 4.70 Å². The van der Waals surface area contributed by atoms with Crippen LogP contribution >= 0.6 is 11.3 Å². The average molecular weight is 192 g/mol. The van der Waals surface area contributed by atoms with Crippen LogP contribution in [0.15, 0.2) is 24.3 Å². The van der Waals surface area contributed by atoms with Gasteiger partial charge >= 0.3 is 0 Å². The van der Waals surface area contributed by atoms with E-state index in [9.17, 15) is 9.90 Å². The van der Waals surface area contributed by atoms with Gasteiger partial charge in [0.2, 0.25) is 0 Å². The van der Waals surface area contributed by atoms with Crippen molar-refractivity contribution in [1.29, 1.82) is 0 Å². The monoisotopic (exact) mass is 192 g/mol. The molecule has 0 unspecified atom stereocenters. The van der Waals surface area contributed by atoms with Gasteiger partial charge in [-0.15, -0.1) is 11.3 Å². The lowest BCUT2D eigenvalue weighted by Crippen LogP contribution is -1.83. The number of fused-ring (bicyclic) bond motifs is 1. The molecule has 0 radical (unpaired) electrons. The van der Waals surface area contributed by atoms with Gasteiger partial charge < -0.3 is 5.11 Å². The molecule has 0 amide bonds. The van der Waals surface area contributed by atoms with Crippen LogP contribution in [0, 0.1) is 0 Å². The van der Waals surface area contributed by atoms with Gasteiger partial charge in [-0.2, -0.15) is 0 Å². The Morgan fingerprint density at radius 1 is 1.38 bits per heavy atom. The summed E-state index contributed by atoms with van der Waals surface area (Å²) in [6, 6.07) is 6.92. The van der Waals surface area contributed by atoms with Crippen molar-refractivity contribution in [2.24, 2.45) is 0 Å². The molecule has 0 aliphatic heterocycles. The molecule has 0 saturated heterocycles. The molecule has 0 saturated carbocycles. The number of carbonyl (C=O) groups is 1. The Morgan fingerprint density at radius 3 is 2.85 bits per heavy atom. The predicted molar refractivity (Wildman–Crippen MR) is 53.5 cm³/mol. The first-order valence-corrected chi connectivity index (χ1v) is 4.72. The van der Waals surface area contributed by atoms with E-state index in [0.717, 1.165) is 15.0 Å². The number of ketones is 1. The van der Waals surface area contributed by atoms with Crippen molar-refractivity contribution in [3.63, 3.8) is 0 Å². The van der Waals surface area contributed by atoms with Crippen molar-refractivity contribution in [1.82, 2.24) is 0 Å². The number of carbonyl (C=O) groups excluding carboxylic acids is 1. The van der Waals surface area contributed by atoms with Crippen molar-refractivity contribution >= 4 is 27.2 Å². The van der Waals surface area contributed by atoms with Crippen LogP contribution in [0.4, 0.5) is 0 Å². The molecule has 0 aliphatic carbocycles. The third-order valence-electron chi connectivity index (χ3n) is 1.85. The van der Waals surface area contributed by atoms with Crippen molar-refractivity contribution < 1.29 is 9.90 Å². The Labute approximate surface area is 79.4 Å². The molecule has 1 aromatic heterocycles. The molecule has 0 fully saturated rings. The highest BCUT2D eigenvalue weighted by Crippen LogP contribution is 2.28. The molecule has 2 aromatic rings. The second kappa shape index (κ2) is 2.85. The molecule has 2 nitrogen and oxygen atoms in total. The predicted octanol–water partition coefficient (Wildman–Crippen LogP) is 2.81. The van der Waals surface area contributed by atoms with Gasteiger partial charge in [-0.3, -0.25) is 4.79 Å². The Bertz CT molecular complexity index is 471. The lowest BCUT2D eigenvalue weighted by atomic mass is 10.2. The molecular weight excluding hydrogens is 184 g/mol. The Hall–Kier alpha value is -1.35. The maximum atomic E-state index is 11.0. The second-order valence-corrected chi connectivity index (χ2v) is 3.97. The number of hydrogen-bond acceptors (Lipinski definition) is 3. The summed E-state index contributed by atoms with van der Waals surface area (Å²) in [7, 11) is 0. The molecule has 1 N–H and O–H groups in total. The summed E-state index contributed by atoms with van der Waals surface area (Å²) in [5.41, 5.74) is 0. The molecule has 13 heavy (non-hydrogen) atoms. The van der Waals surface area contributed by atoms with Crippen LogP contribution in [0.5, 0.6) is 5.75 Å². The number of thiophene rings is 1. The summed E-state index contributed by atoms with van der Waals surface area (Å²) in [5, 5.41) is 10.1. The largest absolute Gasteiger partial charge is 0.508 e. The van der Waals surface area contributed by atoms with E-state index in [1.54, 1.807) is 19.1 Å². The molecule has 1 heterocycles. The van der Waals surface area contributed by atoms with Crippen molar-refractivity contribution in [2.75, 3.05) is 0 Å². The fourth-order valence-corrected chi connectivity index (χ4v) is 2.14. The summed E-state index contributed by atoms with van der Waals surface area (Å²) in [5.74, 6) is 0.307. The quantitative estimate of drug-likeness (QED) is 0.705. The first kappa shape index (κ1) is 8.26. The molecule has 66 valence electrons. The average Bonchev–Trinajstić information content (AvgIpc) is 2.46. The number of benzene rings is 1. The zero-order valence-electron chi connectivity index (χ0n) is 7.07. The van der Waals surface area contributed by atoms with E-state index in [4.69, 9.17) is 0 Å². The zero-order chi connectivity index (χ0) is 9.42. The van der Waals surface area contributed by atoms with Crippen molar-refractivity contribution in [2.45, 2.75) is 6.92 Å². The van der Waals surface area contributed by atoms with Crippen LogP contribution in [-0.4, -0.2) is 10.9 Å². The number of rotatable bonds is 1. The third kappa shape index (κ3) is 1.42. The Kier molecular flexibility index (Phi) is 1.81. The summed E-state index contributed by atoms with van der Waals surface area (Å²) in [4.78, 5) is 11.8. The van der Waals surface area contributed by atoms with E-state index in [2.05, 4.69) is 0 Å². The highest BCUT2D eigenvalue weighted by molar-refractivity contribution is 7.20. The SMILES string of the molecule is CC(=O)c1cc2cc(O)ccc2s1. The van der Waals surface area contributed by atoms with E-state index in [-0.39, 0.29) is 11.5 Å². The molecule has 0 atom stereocenters. The summed E-state index contributed by atoms with van der Waals surface area (Å²) in [6.07, 6.45) is 0. The Balaban J connectivity index is 2.68. The van der Waals surface area contributed by atoms with E-state index >= 15 is 0 Å². The molecule has 0 aliphatic rings. The minimum Gasteiger partial charge on any atom is -0.508 e. The fraction of sp³-hybridized carbons (Fsp3) is 0.100. The van der Waals surface area contributed by atoms with Crippen LogP contribution < -0.4 is 0 Å². The summed E-state index contributed by atoms with van der Waals surface area (Å²) >= 11 is 1.45. The van der Waals surface area contributed by atoms with Gasteiger partial charge in [-0.1, -0.05) is 0 Å². The zero-order valence-corrected chi connectivity index (χ0v) is 7.89. The molecule has 3 heteroatoms. The minimum atomic E-state index is 0.0701. The van der Waals surface area contributed by atoms with Gasteiger partial charge in [-0.05, 0) is 36.6 Å².